The van der Waals surface area contributed by atoms with Crippen molar-refractivity contribution in [2.75, 3.05) is 18.4 Å². The van der Waals surface area contributed by atoms with E-state index in [0.29, 0.717) is 11.7 Å². The van der Waals surface area contributed by atoms with Crippen LogP contribution in [0.25, 0.3) is 0 Å². The van der Waals surface area contributed by atoms with Crippen molar-refractivity contribution in [1.29, 1.82) is 0 Å². The Hall–Kier alpha value is -2.38. The molecule has 25 heavy (non-hydrogen) atoms. The minimum Gasteiger partial charge on any atom is -0.364 e. The topological polar surface area (TPSA) is 80.2 Å². The SMILES string of the molecule is O=C(Nc1cnccn1)[C@@H]1C[C@@H]2CCN(Cc3cccnc3)C[C@H]2O1. The van der Waals surface area contributed by atoms with Gasteiger partial charge >= 0.3 is 0 Å². The lowest BCUT2D eigenvalue weighted by atomic mass is 9.91. The largest absolute Gasteiger partial charge is 0.364 e. The second kappa shape index (κ2) is 7.25. The Morgan fingerprint density at radius 3 is 3.00 bits per heavy atom. The van der Waals surface area contributed by atoms with Gasteiger partial charge < -0.3 is 10.1 Å². The number of fused-ring (bicyclic) bond motifs is 1. The third-order valence-electron chi connectivity index (χ3n) is 4.87. The molecule has 4 heterocycles. The number of hydrogen-bond donors (Lipinski definition) is 1. The van der Waals surface area contributed by atoms with Gasteiger partial charge in [-0.2, -0.15) is 0 Å². The van der Waals surface area contributed by atoms with Crippen LogP contribution < -0.4 is 5.32 Å². The molecular formula is C18H21N5O2. The highest BCUT2D eigenvalue weighted by molar-refractivity contribution is 5.93. The molecule has 4 rings (SSSR count). The number of pyridine rings is 1. The molecule has 0 aliphatic carbocycles. The highest BCUT2D eigenvalue weighted by atomic mass is 16.5. The van der Waals surface area contributed by atoms with Gasteiger partial charge in [-0.25, -0.2) is 4.98 Å². The van der Waals surface area contributed by atoms with Crippen LogP contribution in [0.1, 0.15) is 18.4 Å². The summed E-state index contributed by atoms with van der Waals surface area (Å²) in [5.41, 5.74) is 1.20. The normalized spacial score (nSPS) is 26.2. The van der Waals surface area contributed by atoms with Crippen molar-refractivity contribution in [3.63, 3.8) is 0 Å². The predicted octanol–water partition coefficient (Wildman–Crippen LogP) is 1.49. The number of aromatic nitrogens is 3. The molecule has 7 nitrogen and oxygen atoms in total. The molecule has 0 radical (unpaired) electrons. The van der Waals surface area contributed by atoms with Crippen LogP contribution in [0.4, 0.5) is 5.82 Å². The van der Waals surface area contributed by atoms with E-state index in [-0.39, 0.29) is 12.0 Å². The number of nitrogens with one attached hydrogen (secondary N) is 1. The molecule has 0 aromatic carbocycles. The number of ether oxygens (including phenoxy) is 1. The second-order valence-electron chi connectivity index (χ2n) is 6.62. The summed E-state index contributed by atoms with van der Waals surface area (Å²) in [5, 5.41) is 2.79. The van der Waals surface area contributed by atoms with Crippen molar-refractivity contribution in [2.45, 2.75) is 31.6 Å². The van der Waals surface area contributed by atoms with Crippen LogP contribution in [0.5, 0.6) is 0 Å². The van der Waals surface area contributed by atoms with E-state index in [1.807, 2.05) is 12.3 Å². The molecule has 130 valence electrons. The van der Waals surface area contributed by atoms with E-state index in [2.05, 4.69) is 31.2 Å². The number of nitrogens with zero attached hydrogens (tertiary/aromatic N) is 4. The fourth-order valence-electron chi connectivity index (χ4n) is 3.63. The Morgan fingerprint density at radius 1 is 1.28 bits per heavy atom. The molecule has 2 aliphatic heterocycles. The first-order valence-corrected chi connectivity index (χ1v) is 8.61. The van der Waals surface area contributed by atoms with Crippen molar-refractivity contribution in [2.24, 2.45) is 5.92 Å². The Morgan fingerprint density at radius 2 is 2.20 bits per heavy atom. The highest BCUT2D eigenvalue weighted by Gasteiger charge is 2.41. The van der Waals surface area contributed by atoms with Gasteiger partial charge in [-0.05, 0) is 36.9 Å². The van der Waals surface area contributed by atoms with E-state index in [9.17, 15) is 4.79 Å². The summed E-state index contributed by atoms with van der Waals surface area (Å²) in [6.07, 6.45) is 9.90. The number of rotatable bonds is 4. The first-order chi connectivity index (χ1) is 12.3. The minimum atomic E-state index is -0.407. The number of hydrogen-bond acceptors (Lipinski definition) is 6. The zero-order chi connectivity index (χ0) is 17.1. The molecule has 2 aliphatic rings. The number of piperidine rings is 1. The summed E-state index contributed by atoms with van der Waals surface area (Å²) in [5.74, 6) is 0.778. The van der Waals surface area contributed by atoms with Crippen LogP contribution in [-0.4, -0.2) is 51.1 Å². The van der Waals surface area contributed by atoms with Crippen LogP contribution in [0.15, 0.2) is 43.1 Å². The fraction of sp³-hybridized carbons (Fsp3) is 0.444. The molecule has 0 bridgehead atoms. The van der Waals surface area contributed by atoms with E-state index in [0.717, 1.165) is 32.5 Å². The summed E-state index contributed by atoms with van der Waals surface area (Å²) < 4.78 is 6.05. The van der Waals surface area contributed by atoms with Gasteiger partial charge in [-0.15, -0.1) is 0 Å². The average Bonchev–Trinajstić information content (AvgIpc) is 3.07. The minimum absolute atomic E-state index is 0.114. The molecule has 0 spiro atoms. The van der Waals surface area contributed by atoms with Gasteiger partial charge in [0, 0.05) is 37.9 Å². The molecular weight excluding hydrogens is 318 g/mol. The fourth-order valence-corrected chi connectivity index (χ4v) is 3.63. The Bertz CT molecular complexity index is 712. The van der Waals surface area contributed by atoms with Gasteiger partial charge in [0.25, 0.3) is 5.91 Å². The Kier molecular flexibility index (Phi) is 4.67. The van der Waals surface area contributed by atoms with E-state index in [4.69, 9.17) is 4.74 Å². The zero-order valence-electron chi connectivity index (χ0n) is 13.9. The Balaban J connectivity index is 1.33. The van der Waals surface area contributed by atoms with Gasteiger partial charge in [-0.3, -0.25) is 19.7 Å². The monoisotopic (exact) mass is 339 g/mol. The number of likely N-dealkylation sites (tertiary alicyclic amines) is 1. The third-order valence-corrected chi connectivity index (χ3v) is 4.87. The molecule has 0 unspecified atom stereocenters. The number of anilines is 1. The number of carbonyl (C=O) groups is 1. The predicted molar refractivity (Wildman–Crippen MR) is 91.6 cm³/mol. The summed E-state index contributed by atoms with van der Waals surface area (Å²) in [4.78, 5) is 27.0. The Labute approximate surface area is 146 Å². The summed E-state index contributed by atoms with van der Waals surface area (Å²) in [7, 11) is 0. The van der Waals surface area contributed by atoms with Crippen LogP contribution in [0.2, 0.25) is 0 Å². The average molecular weight is 339 g/mol. The van der Waals surface area contributed by atoms with E-state index >= 15 is 0 Å². The zero-order valence-corrected chi connectivity index (χ0v) is 13.9. The van der Waals surface area contributed by atoms with E-state index < -0.39 is 6.10 Å². The van der Waals surface area contributed by atoms with Crippen molar-refractivity contribution >= 4 is 11.7 Å². The third kappa shape index (κ3) is 3.83. The van der Waals surface area contributed by atoms with Crippen LogP contribution >= 0.6 is 0 Å². The number of amides is 1. The first kappa shape index (κ1) is 16.1. The molecule has 2 aromatic rings. The molecule has 2 fully saturated rings. The summed E-state index contributed by atoms with van der Waals surface area (Å²) in [6.45, 7) is 2.75. The van der Waals surface area contributed by atoms with Crippen molar-refractivity contribution in [3.8, 4) is 0 Å². The molecule has 3 atom stereocenters. The van der Waals surface area contributed by atoms with Gasteiger partial charge in [0.05, 0.1) is 12.3 Å². The van der Waals surface area contributed by atoms with Crippen LogP contribution in [0, 0.1) is 5.92 Å². The van der Waals surface area contributed by atoms with Crippen molar-refractivity contribution in [3.05, 3.63) is 48.7 Å². The standard InChI is InChI=1S/C18H21N5O2/c24-18(22-17-10-20-5-6-21-17)15-8-14-3-7-23(12-16(14)25-15)11-13-2-1-4-19-9-13/h1-2,4-6,9-10,14-16H,3,7-8,11-12H2,(H,21,22,24)/t14-,15-,16+/m0/s1. The van der Waals surface area contributed by atoms with Gasteiger partial charge in [0.2, 0.25) is 0 Å². The van der Waals surface area contributed by atoms with Gasteiger partial charge in [-0.1, -0.05) is 6.07 Å². The summed E-state index contributed by atoms with van der Waals surface area (Å²) >= 11 is 0. The summed E-state index contributed by atoms with van der Waals surface area (Å²) in [6, 6.07) is 4.05. The maximum atomic E-state index is 12.4. The lowest BCUT2D eigenvalue weighted by Gasteiger charge is -2.33. The lowest BCUT2D eigenvalue weighted by molar-refractivity contribution is -0.127. The van der Waals surface area contributed by atoms with Crippen LogP contribution in [-0.2, 0) is 16.1 Å². The second-order valence-corrected chi connectivity index (χ2v) is 6.62. The van der Waals surface area contributed by atoms with Gasteiger partial charge in [0.15, 0.2) is 5.82 Å². The van der Waals surface area contributed by atoms with Crippen molar-refractivity contribution < 1.29 is 9.53 Å². The van der Waals surface area contributed by atoms with E-state index in [1.54, 1.807) is 18.6 Å². The molecule has 2 saturated heterocycles. The molecule has 2 aromatic heterocycles. The molecule has 0 saturated carbocycles. The quantitative estimate of drug-likeness (QED) is 0.909. The van der Waals surface area contributed by atoms with Gasteiger partial charge in [0.1, 0.15) is 6.10 Å². The molecule has 7 heteroatoms. The lowest BCUT2D eigenvalue weighted by Crippen LogP contribution is -2.41. The molecule has 1 amide bonds. The van der Waals surface area contributed by atoms with Crippen molar-refractivity contribution in [1.82, 2.24) is 19.9 Å². The smallest absolute Gasteiger partial charge is 0.254 e. The van der Waals surface area contributed by atoms with Crippen LogP contribution in [0.3, 0.4) is 0 Å². The number of carbonyl (C=O) groups excluding carboxylic acids is 1. The highest BCUT2D eigenvalue weighted by Crippen LogP contribution is 2.34. The maximum absolute atomic E-state index is 12.4. The molecule has 1 N–H and O–H groups in total. The van der Waals surface area contributed by atoms with E-state index in [1.165, 1.54) is 11.8 Å². The maximum Gasteiger partial charge on any atom is 0.254 e. The first-order valence-electron chi connectivity index (χ1n) is 8.61.